The maximum Gasteiger partial charge on any atom is 0.157 e. The largest absolute Gasteiger partial charge is 0.362 e. The summed E-state index contributed by atoms with van der Waals surface area (Å²) in [7, 11) is 0. The Morgan fingerprint density at radius 2 is 2.29 bits per heavy atom. The van der Waals surface area contributed by atoms with E-state index >= 15 is 0 Å². The number of aliphatic imine (C=N–C) groups is 1. The van der Waals surface area contributed by atoms with E-state index in [4.69, 9.17) is 0 Å². The van der Waals surface area contributed by atoms with Crippen LogP contribution in [0.15, 0.2) is 4.99 Å². The molecule has 0 amide bonds. The molecule has 2 aliphatic rings. The normalized spacial score (nSPS) is 32.3. The molecule has 1 saturated carbocycles. The topological polar surface area (TPSA) is 24.4 Å². The molecule has 0 aromatic carbocycles. The number of nitrogens with one attached hydrogen (secondary N) is 1. The lowest BCUT2D eigenvalue weighted by atomic mass is 9.75. The highest BCUT2D eigenvalue weighted by molar-refractivity contribution is 8.14. The van der Waals surface area contributed by atoms with Crippen molar-refractivity contribution in [3.8, 4) is 0 Å². The molecule has 2 unspecified atom stereocenters. The quantitative estimate of drug-likeness (QED) is 0.828. The van der Waals surface area contributed by atoms with Crippen LogP contribution in [0.25, 0.3) is 0 Å². The van der Waals surface area contributed by atoms with Crippen LogP contribution in [0.5, 0.6) is 0 Å². The van der Waals surface area contributed by atoms with Gasteiger partial charge in [-0.2, -0.15) is 0 Å². The van der Waals surface area contributed by atoms with Gasteiger partial charge >= 0.3 is 0 Å². The summed E-state index contributed by atoms with van der Waals surface area (Å²) in [5.74, 6) is 0. The third-order valence-electron chi connectivity index (χ3n) is 3.86. The van der Waals surface area contributed by atoms with Crippen molar-refractivity contribution >= 4 is 16.9 Å². The molecular weight excluding hydrogens is 228 g/mol. The Balaban J connectivity index is 1.78. The third-order valence-corrected chi connectivity index (χ3v) is 5.05. The molecule has 1 fully saturated rings. The minimum atomic E-state index is 0.516. The number of hydrogen-bond acceptors (Lipinski definition) is 3. The zero-order chi connectivity index (χ0) is 12.3. The van der Waals surface area contributed by atoms with E-state index < -0.39 is 0 Å². The second kappa shape index (κ2) is 5.64. The van der Waals surface area contributed by atoms with Crippen LogP contribution in [0.1, 0.15) is 59.3 Å². The first-order valence-corrected chi connectivity index (χ1v) is 7.95. The summed E-state index contributed by atoms with van der Waals surface area (Å²) in [4.78, 5) is 4.65. The molecule has 2 nitrogen and oxygen atoms in total. The van der Waals surface area contributed by atoms with E-state index in [1.165, 1.54) is 43.7 Å². The van der Waals surface area contributed by atoms with Gasteiger partial charge in [0.25, 0.3) is 0 Å². The summed E-state index contributed by atoms with van der Waals surface area (Å²) in [5.41, 5.74) is 0.516. The maximum atomic E-state index is 4.65. The van der Waals surface area contributed by atoms with E-state index in [1.807, 2.05) is 11.8 Å². The Morgan fingerprint density at radius 1 is 1.47 bits per heavy atom. The van der Waals surface area contributed by atoms with Crippen molar-refractivity contribution in [1.29, 1.82) is 0 Å². The summed E-state index contributed by atoms with van der Waals surface area (Å²) in [6.07, 6.45) is 7.93. The Labute approximate surface area is 110 Å². The van der Waals surface area contributed by atoms with Gasteiger partial charge in [0, 0.05) is 11.3 Å². The molecule has 3 heteroatoms. The third kappa shape index (κ3) is 3.90. The van der Waals surface area contributed by atoms with Crippen LogP contribution in [0.4, 0.5) is 0 Å². The smallest absolute Gasteiger partial charge is 0.157 e. The minimum absolute atomic E-state index is 0.516. The van der Waals surface area contributed by atoms with Gasteiger partial charge in [-0.15, -0.1) is 0 Å². The molecule has 1 heterocycles. The zero-order valence-electron chi connectivity index (χ0n) is 11.5. The van der Waals surface area contributed by atoms with Crippen LogP contribution in [0.3, 0.4) is 0 Å². The predicted octanol–water partition coefficient (Wildman–Crippen LogP) is 3.82. The molecule has 0 saturated heterocycles. The van der Waals surface area contributed by atoms with Crippen LogP contribution >= 0.6 is 11.8 Å². The fraction of sp³-hybridized carbons (Fsp3) is 0.929. The van der Waals surface area contributed by atoms with Crippen LogP contribution in [-0.4, -0.2) is 23.0 Å². The van der Waals surface area contributed by atoms with Gasteiger partial charge in [-0.3, -0.25) is 4.99 Å². The second-order valence-electron chi connectivity index (χ2n) is 6.28. The number of thioether (sulfide) groups is 1. The fourth-order valence-corrected chi connectivity index (χ4v) is 4.17. The number of nitrogens with zero attached hydrogens (tertiary/aromatic N) is 1. The van der Waals surface area contributed by atoms with Gasteiger partial charge in [-0.1, -0.05) is 45.4 Å². The first kappa shape index (κ1) is 13.3. The van der Waals surface area contributed by atoms with Crippen molar-refractivity contribution in [3.05, 3.63) is 0 Å². The van der Waals surface area contributed by atoms with Crippen molar-refractivity contribution in [3.63, 3.8) is 0 Å². The average molecular weight is 254 g/mol. The van der Waals surface area contributed by atoms with Gasteiger partial charge in [0.05, 0.1) is 6.54 Å². The van der Waals surface area contributed by atoms with Crippen molar-refractivity contribution in [1.82, 2.24) is 5.32 Å². The number of hydrogen-bond donors (Lipinski definition) is 1. The van der Waals surface area contributed by atoms with Crippen molar-refractivity contribution in [2.45, 2.75) is 70.6 Å². The Kier molecular flexibility index (Phi) is 4.40. The van der Waals surface area contributed by atoms with E-state index in [0.717, 1.165) is 11.8 Å². The van der Waals surface area contributed by atoms with E-state index in [9.17, 15) is 0 Å². The lowest BCUT2D eigenvalue weighted by Gasteiger charge is -2.35. The van der Waals surface area contributed by atoms with E-state index in [1.54, 1.807) is 0 Å². The zero-order valence-corrected chi connectivity index (χ0v) is 12.3. The average Bonchev–Trinajstić information content (AvgIpc) is 2.64. The molecule has 0 bridgehead atoms. The van der Waals surface area contributed by atoms with Gasteiger partial charge in [-0.25, -0.2) is 0 Å². The monoisotopic (exact) mass is 254 g/mol. The fourth-order valence-electron chi connectivity index (χ4n) is 2.96. The van der Waals surface area contributed by atoms with Crippen molar-refractivity contribution in [2.75, 3.05) is 6.54 Å². The first-order valence-electron chi connectivity index (χ1n) is 7.07. The first-order chi connectivity index (χ1) is 8.09. The van der Waals surface area contributed by atoms with E-state index in [2.05, 4.69) is 31.1 Å². The maximum absolute atomic E-state index is 4.65. The van der Waals surface area contributed by atoms with Gasteiger partial charge < -0.3 is 5.32 Å². The van der Waals surface area contributed by atoms with Gasteiger partial charge in [0.2, 0.25) is 0 Å². The minimum Gasteiger partial charge on any atom is -0.362 e. The summed E-state index contributed by atoms with van der Waals surface area (Å²) in [5, 5.41) is 5.62. The van der Waals surface area contributed by atoms with Gasteiger partial charge in [0.15, 0.2) is 5.17 Å². The Hall–Kier alpha value is -0.180. The standard InChI is InChI=1S/C14H26N2S/c1-4-6-12-10-15-13(17-12)16-11-7-5-8-14(2,3)9-11/h11-12H,4-10H2,1-3H3,(H,15,16). The lowest BCUT2D eigenvalue weighted by Crippen LogP contribution is -2.39. The molecule has 0 aromatic rings. The summed E-state index contributed by atoms with van der Waals surface area (Å²) >= 11 is 1.97. The van der Waals surface area contributed by atoms with E-state index in [-0.39, 0.29) is 0 Å². The van der Waals surface area contributed by atoms with Crippen molar-refractivity contribution < 1.29 is 0 Å². The molecular formula is C14H26N2S. The molecule has 1 aliphatic carbocycles. The molecule has 0 aromatic heterocycles. The van der Waals surface area contributed by atoms with Crippen LogP contribution in [0.2, 0.25) is 0 Å². The molecule has 0 spiro atoms. The van der Waals surface area contributed by atoms with Gasteiger partial charge in [-0.05, 0) is 31.1 Å². The molecule has 0 radical (unpaired) electrons. The summed E-state index contributed by atoms with van der Waals surface area (Å²) in [6.45, 7) is 8.07. The SMILES string of the molecule is CCCC1CN=C(NC2CCCC(C)(C)C2)S1. The lowest BCUT2D eigenvalue weighted by molar-refractivity contribution is 0.211. The predicted molar refractivity (Wildman–Crippen MR) is 77.8 cm³/mol. The highest BCUT2D eigenvalue weighted by Gasteiger charge is 2.29. The van der Waals surface area contributed by atoms with Crippen LogP contribution in [-0.2, 0) is 0 Å². The summed E-state index contributed by atoms with van der Waals surface area (Å²) in [6, 6.07) is 0.658. The van der Waals surface area contributed by atoms with E-state index in [0.29, 0.717) is 11.5 Å². The molecule has 1 aliphatic heterocycles. The summed E-state index contributed by atoms with van der Waals surface area (Å²) < 4.78 is 0. The molecule has 2 atom stereocenters. The molecule has 17 heavy (non-hydrogen) atoms. The van der Waals surface area contributed by atoms with Gasteiger partial charge in [0.1, 0.15) is 0 Å². The second-order valence-corrected chi connectivity index (χ2v) is 7.57. The molecule has 2 rings (SSSR count). The highest BCUT2D eigenvalue weighted by Crippen LogP contribution is 2.35. The van der Waals surface area contributed by atoms with Crippen LogP contribution in [0, 0.1) is 5.41 Å². The number of rotatable bonds is 3. The number of amidine groups is 1. The van der Waals surface area contributed by atoms with Crippen molar-refractivity contribution in [2.24, 2.45) is 10.4 Å². The Morgan fingerprint density at radius 3 is 3.00 bits per heavy atom. The molecule has 98 valence electrons. The highest BCUT2D eigenvalue weighted by atomic mass is 32.2. The molecule has 1 N–H and O–H groups in total. The van der Waals surface area contributed by atoms with Crippen LogP contribution < -0.4 is 5.32 Å². The Bertz CT molecular complexity index is 286.